The summed E-state index contributed by atoms with van der Waals surface area (Å²) in [4.78, 5) is 21.6. The zero-order valence-electron chi connectivity index (χ0n) is 16.0. The fraction of sp³-hybridized carbons (Fsp3) is 0.200. The van der Waals surface area contributed by atoms with E-state index >= 15 is 0 Å². The summed E-state index contributed by atoms with van der Waals surface area (Å²) in [6.07, 6.45) is 5.08. The third-order valence-electron chi connectivity index (χ3n) is 4.81. The zero-order chi connectivity index (χ0) is 21.1. The monoisotopic (exact) mass is 442 g/mol. The molecule has 10 heteroatoms. The zero-order valence-corrected chi connectivity index (χ0v) is 17.6. The molecule has 0 saturated carbocycles. The second-order valence-corrected chi connectivity index (χ2v) is 7.50. The number of piperazine rings is 1. The molecule has 1 aliphatic rings. The van der Waals surface area contributed by atoms with Crippen molar-refractivity contribution in [2.45, 2.75) is 0 Å². The van der Waals surface area contributed by atoms with Crippen LogP contribution in [0.15, 0.2) is 53.9 Å². The average molecular weight is 443 g/mol. The van der Waals surface area contributed by atoms with E-state index in [1.165, 1.54) is 0 Å². The minimum absolute atomic E-state index is 0.303. The summed E-state index contributed by atoms with van der Waals surface area (Å²) in [6, 6.07) is 9.02. The Bertz CT molecular complexity index is 1070. The molecular formula is C20H20Cl2N8. The van der Waals surface area contributed by atoms with Crippen LogP contribution in [0.3, 0.4) is 0 Å². The molecule has 0 atom stereocenters. The lowest BCUT2D eigenvalue weighted by molar-refractivity contribution is 0.381. The molecule has 1 saturated heterocycles. The highest BCUT2D eigenvalue weighted by molar-refractivity contribution is 6.43. The molecular weight excluding hydrogens is 423 g/mol. The molecule has 4 rings (SSSR count). The van der Waals surface area contributed by atoms with Crippen LogP contribution in [0.4, 0.5) is 17.3 Å². The quantitative estimate of drug-likeness (QED) is 0.473. The van der Waals surface area contributed by atoms with Crippen molar-refractivity contribution in [3.8, 4) is 11.3 Å². The Morgan fingerprint density at radius 2 is 1.83 bits per heavy atom. The van der Waals surface area contributed by atoms with Crippen molar-refractivity contribution in [1.29, 1.82) is 0 Å². The average Bonchev–Trinajstić information content (AvgIpc) is 2.77. The molecule has 0 aliphatic carbocycles. The van der Waals surface area contributed by atoms with Crippen LogP contribution in [0.2, 0.25) is 10.0 Å². The minimum Gasteiger partial charge on any atom is -0.382 e. The highest BCUT2D eigenvalue weighted by Gasteiger charge is 2.21. The normalized spacial score (nSPS) is 14.8. The van der Waals surface area contributed by atoms with E-state index in [1.807, 2.05) is 23.1 Å². The van der Waals surface area contributed by atoms with Crippen LogP contribution < -0.4 is 16.4 Å². The smallest absolute Gasteiger partial charge is 0.196 e. The molecule has 0 radical (unpaired) electrons. The molecule has 30 heavy (non-hydrogen) atoms. The first-order valence-electron chi connectivity index (χ1n) is 9.34. The second-order valence-electron chi connectivity index (χ2n) is 6.72. The van der Waals surface area contributed by atoms with Crippen molar-refractivity contribution in [3.63, 3.8) is 0 Å². The summed E-state index contributed by atoms with van der Waals surface area (Å²) in [6.45, 7) is 2.85. The molecule has 0 unspecified atom stereocenters. The number of anilines is 2. The van der Waals surface area contributed by atoms with Crippen molar-refractivity contribution in [2.75, 3.05) is 36.8 Å². The number of halogens is 2. The molecule has 1 fully saturated rings. The van der Waals surface area contributed by atoms with Crippen LogP contribution in [0.1, 0.15) is 0 Å². The number of hydrogen-bond acceptors (Lipinski definition) is 6. The van der Waals surface area contributed by atoms with Gasteiger partial charge in [0.1, 0.15) is 11.5 Å². The van der Waals surface area contributed by atoms with Gasteiger partial charge in [-0.1, -0.05) is 35.3 Å². The standard InChI is InChI=1S/C20H20Cl2N8/c21-15-5-1-4-14(17(15)22)18-19(23)28-16(12-26-18)29-7-9-30(10-8-29)20(24)27-13-3-2-6-25-11-13/h1-6,11-12H,7-10H2,(H2,23,28)(H2,24,27). The van der Waals surface area contributed by atoms with Crippen molar-refractivity contribution in [3.05, 3.63) is 59.0 Å². The van der Waals surface area contributed by atoms with E-state index in [2.05, 4.69) is 24.8 Å². The lowest BCUT2D eigenvalue weighted by atomic mass is 10.1. The van der Waals surface area contributed by atoms with Gasteiger partial charge in [-0.3, -0.25) is 4.98 Å². The number of benzene rings is 1. The third-order valence-corrected chi connectivity index (χ3v) is 5.63. The molecule has 1 aliphatic heterocycles. The summed E-state index contributed by atoms with van der Waals surface area (Å²) in [5.74, 6) is 1.48. The first-order chi connectivity index (χ1) is 14.5. The summed E-state index contributed by atoms with van der Waals surface area (Å²) in [5, 5.41) is 0.853. The summed E-state index contributed by atoms with van der Waals surface area (Å²) >= 11 is 12.4. The Balaban J connectivity index is 1.46. The molecule has 8 nitrogen and oxygen atoms in total. The van der Waals surface area contributed by atoms with Gasteiger partial charge in [-0.2, -0.15) is 0 Å². The first kappa shape index (κ1) is 20.2. The van der Waals surface area contributed by atoms with E-state index in [4.69, 9.17) is 34.7 Å². The van der Waals surface area contributed by atoms with Crippen LogP contribution in [0, 0.1) is 0 Å². The molecule has 154 valence electrons. The largest absolute Gasteiger partial charge is 0.382 e. The van der Waals surface area contributed by atoms with E-state index in [-0.39, 0.29) is 0 Å². The highest BCUT2D eigenvalue weighted by atomic mass is 35.5. The molecule has 0 spiro atoms. The third kappa shape index (κ3) is 4.24. The fourth-order valence-corrected chi connectivity index (χ4v) is 3.62. The number of nitrogen functional groups attached to an aromatic ring is 1. The first-order valence-corrected chi connectivity index (χ1v) is 10.1. The number of hydrogen-bond donors (Lipinski definition) is 2. The van der Waals surface area contributed by atoms with Crippen molar-refractivity contribution in [1.82, 2.24) is 19.9 Å². The van der Waals surface area contributed by atoms with E-state index in [9.17, 15) is 0 Å². The Morgan fingerprint density at radius 1 is 1.03 bits per heavy atom. The maximum Gasteiger partial charge on any atom is 0.196 e. The lowest BCUT2D eigenvalue weighted by Crippen LogP contribution is -2.51. The topological polar surface area (TPSA) is 110 Å². The Kier molecular flexibility index (Phi) is 5.87. The van der Waals surface area contributed by atoms with E-state index in [1.54, 1.807) is 30.7 Å². The lowest BCUT2D eigenvalue weighted by Gasteiger charge is -2.35. The van der Waals surface area contributed by atoms with Crippen LogP contribution in [0.25, 0.3) is 11.3 Å². The maximum absolute atomic E-state index is 6.29. The van der Waals surface area contributed by atoms with Gasteiger partial charge >= 0.3 is 0 Å². The van der Waals surface area contributed by atoms with Gasteiger partial charge in [0.05, 0.1) is 28.1 Å². The van der Waals surface area contributed by atoms with Crippen LogP contribution >= 0.6 is 23.2 Å². The van der Waals surface area contributed by atoms with Gasteiger partial charge in [-0.25, -0.2) is 15.0 Å². The van der Waals surface area contributed by atoms with Crippen LogP contribution in [-0.4, -0.2) is 52.0 Å². The van der Waals surface area contributed by atoms with Gasteiger partial charge in [0.25, 0.3) is 0 Å². The minimum atomic E-state index is 0.303. The summed E-state index contributed by atoms with van der Waals surface area (Å²) in [5.41, 5.74) is 14.2. The van der Waals surface area contributed by atoms with Gasteiger partial charge in [-0.15, -0.1) is 0 Å². The number of pyridine rings is 1. The van der Waals surface area contributed by atoms with E-state index < -0.39 is 0 Å². The number of aliphatic imine (C=N–C) groups is 1. The number of rotatable bonds is 3. The predicted octanol–water partition coefficient (Wildman–Crippen LogP) is 3.20. The van der Waals surface area contributed by atoms with Crippen LogP contribution in [-0.2, 0) is 0 Å². The summed E-state index contributed by atoms with van der Waals surface area (Å²) < 4.78 is 0. The second kappa shape index (κ2) is 8.73. The highest BCUT2D eigenvalue weighted by Crippen LogP contribution is 2.35. The van der Waals surface area contributed by atoms with Gasteiger partial charge in [-0.05, 0) is 18.2 Å². The number of aromatic nitrogens is 3. The Morgan fingerprint density at radius 3 is 2.53 bits per heavy atom. The van der Waals surface area contributed by atoms with Crippen LogP contribution in [0.5, 0.6) is 0 Å². The number of guanidine groups is 1. The predicted molar refractivity (Wildman–Crippen MR) is 121 cm³/mol. The van der Waals surface area contributed by atoms with Gasteiger partial charge in [0.2, 0.25) is 0 Å². The Labute approximate surface area is 184 Å². The Hall–Kier alpha value is -3.10. The molecule has 3 aromatic rings. The molecule has 1 aromatic carbocycles. The van der Waals surface area contributed by atoms with Crippen molar-refractivity contribution in [2.24, 2.45) is 10.7 Å². The van der Waals surface area contributed by atoms with Crippen molar-refractivity contribution >= 4 is 46.5 Å². The van der Waals surface area contributed by atoms with Crippen molar-refractivity contribution < 1.29 is 0 Å². The summed E-state index contributed by atoms with van der Waals surface area (Å²) in [7, 11) is 0. The van der Waals surface area contributed by atoms with Gasteiger partial charge in [0.15, 0.2) is 11.8 Å². The molecule has 0 bridgehead atoms. The molecule has 0 amide bonds. The van der Waals surface area contributed by atoms with Gasteiger partial charge < -0.3 is 21.3 Å². The number of nitrogens with two attached hydrogens (primary N) is 2. The fourth-order valence-electron chi connectivity index (χ4n) is 3.23. The van der Waals surface area contributed by atoms with E-state index in [0.717, 1.165) is 5.69 Å². The molecule has 4 N–H and O–H groups in total. The van der Waals surface area contributed by atoms with Gasteiger partial charge in [0, 0.05) is 37.9 Å². The molecule has 3 heterocycles. The SMILES string of the molecule is NC(=Nc1cccnc1)N1CCN(c2cnc(-c3cccc(Cl)c3Cl)c(N)n2)CC1. The number of nitrogens with zero attached hydrogens (tertiary/aromatic N) is 6. The van der Waals surface area contributed by atoms with E-state index in [0.29, 0.717) is 65.1 Å². The maximum atomic E-state index is 6.29. The molecule has 2 aromatic heterocycles.